The molecule has 2 unspecified atom stereocenters. The lowest BCUT2D eigenvalue weighted by Crippen LogP contribution is -2.52. The Labute approximate surface area is 167 Å². The molecule has 5 amide bonds. The Morgan fingerprint density at radius 1 is 1.28 bits per heavy atom. The van der Waals surface area contributed by atoms with Crippen molar-refractivity contribution < 1.29 is 23.9 Å². The molecule has 29 heavy (non-hydrogen) atoms. The van der Waals surface area contributed by atoms with Crippen molar-refractivity contribution >= 4 is 23.9 Å². The molecule has 0 saturated carbocycles. The topological polar surface area (TPSA) is 117 Å². The molecule has 1 fully saturated rings. The first-order valence-corrected chi connectivity index (χ1v) is 9.57. The van der Waals surface area contributed by atoms with Crippen LogP contribution in [0.15, 0.2) is 35.5 Å². The monoisotopic (exact) mass is 398 g/mol. The minimum absolute atomic E-state index is 0.166. The van der Waals surface area contributed by atoms with Crippen molar-refractivity contribution in [2.24, 2.45) is 0 Å². The third kappa shape index (κ3) is 2.93. The molecular weight excluding hydrogens is 376 g/mol. The number of benzene rings is 1. The maximum absolute atomic E-state index is 13.3. The number of nitrogens with one attached hydrogen (secondary N) is 3. The lowest BCUT2D eigenvalue weighted by molar-refractivity contribution is -0.139. The lowest BCUT2D eigenvalue weighted by atomic mass is 9.92. The molecule has 9 heteroatoms. The number of carbonyl (C=O) groups is 4. The molecule has 2 atom stereocenters. The molecule has 3 aliphatic rings. The van der Waals surface area contributed by atoms with Crippen LogP contribution in [0.4, 0.5) is 9.59 Å². The second-order valence-corrected chi connectivity index (χ2v) is 7.32. The van der Waals surface area contributed by atoms with Gasteiger partial charge in [0.05, 0.1) is 30.5 Å². The van der Waals surface area contributed by atoms with Crippen molar-refractivity contribution in [1.29, 1.82) is 0 Å². The van der Waals surface area contributed by atoms with Crippen LogP contribution in [0.2, 0.25) is 0 Å². The Morgan fingerprint density at radius 3 is 2.79 bits per heavy atom. The summed E-state index contributed by atoms with van der Waals surface area (Å²) in [6, 6.07) is 5.86. The van der Waals surface area contributed by atoms with Crippen LogP contribution in [0, 0.1) is 0 Å². The van der Waals surface area contributed by atoms with Crippen molar-refractivity contribution in [3.8, 4) is 0 Å². The first kappa shape index (κ1) is 19.0. The van der Waals surface area contributed by atoms with E-state index in [2.05, 4.69) is 16.0 Å². The van der Waals surface area contributed by atoms with Crippen LogP contribution in [0.25, 0.3) is 0 Å². The zero-order valence-electron chi connectivity index (χ0n) is 16.2. The molecule has 3 N–H and O–H groups in total. The predicted molar refractivity (Wildman–Crippen MR) is 101 cm³/mol. The summed E-state index contributed by atoms with van der Waals surface area (Å²) in [7, 11) is 0. The highest BCUT2D eigenvalue weighted by atomic mass is 16.5. The largest absolute Gasteiger partial charge is 0.463 e. The number of hydrogen-bond acceptors (Lipinski definition) is 5. The normalized spacial score (nSPS) is 25.7. The van der Waals surface area contributed by atoms with Gasteiger partial charge < -0.3 is 20.7 Å². The first-order chi connectivity index (χ1) is 13.9. The third-order valence-electron chi connectivity index (χ3n) is 5.60. The van der Waals surface area contributed by atoms with E-state index in [4.69, 9.17) is 4.74 Å². The van der Waals surface area contributed by atoms with Gasteiger partial charge in [0.2, 0.25) is 0 Å². The standard InChI is InChI=1S/C20H22N4O5/c1-3-29-16(25)15-11(2)21-18(27)22-14(15)10-24-17(26)20(23-19(24)28)9-8-12-6-4-5-7-13(12)20/h4-7,11H,3,8-10H2,1-2H3,(H,23,28)(H2,21,22,27). The van der Waals surface area contributed by atoms with Crippen molar-refractivity contribution in [3.05, 3.63) is 46.7 Å². The first-order valence-electron chi connectivity index (χ1n) is 9.57. The van der Waals surface area contributed by atoms with Gasteiger partial charge in [-0.15, -0.1) is 0 Å². The minimum Gasteiger partial charge on any atom is -0.463 e. The highest BCUT2D eigenvalue weighted by Crippen LogP contribution is 2.41. The van der Waals surface area contributed by atoms with Crippen LogP contribution < -0.4 is 16.0 Å². The van der Waals surface area contributed by atoms with Crippen LogP contribution in [-0.4, -0.2) is 48.0 Å². The number of urea groups is 2. The Bertz CT molecular complexity index is 956. The van der Waals surface area contributed by atoms with Crippen molar-refractivity contribution in [2.75, 3.05) is 13.2 Å². The van der Waals surface area contributed by atoms with Gasteiger partial charge in [-0.1, -0.05) is 24.3 Å². The van der Waals surface area contributed by atoms with Gasteiger partial charge in [-0.2, -0.15) is 0 Å². The van der Waals surface area contributed by atoms with Crippen LogP contribution in [0.5, 0.6) is 0 Å². The van der Waals surface area contributed by atoms with E-state index in [1.807, 2.05) is 24.3 Å². The number of aryl methyl sites for hydroxylation is 1. The maximum atomic E-state index is 13.3. The Hall–Kier alpha value is -3.36. The van der Waals surface area contributed by atoms with Crippen LogP contribution in [-0.2, 0) is 26.3 Å². The zero-order valence-corrected chi connectivity index (χ0v) is 16.2. The van der Waals surface area contributed by atoms with E-state index in [1.165, 1.54) is 0 Å². The smallest absolute Gasteiger partial charge is 0.337 e. The SMILES string of the molecule is CCOC(=O)C1=C(CN2C(=O)NC3(CCc4ccccc43)C2=O)NC(=O)NC1C. The Morgan fingerprint density at radius 2 is 2.03 bits per heavy atom. The molecule has 1 aromatic rings. The van der Waals surface area contributed by atoms with E-state index >= 15 is 0 Å². The molecule has 0 aromatic heterocycles. The molecule has 1 saturated heterocycles. The number of carbonyl (C=O) groups excluding carboxylic acids is 4. The molecule has 1 spiro atoms. The predicted octanol–water partition coefficient (Wildman–Crippen LogP) is 0.898. The molecule has 2 heterocycles. The molecule has 0 bridgehead atoms. The summed E-state index contributed by atoms with van der Waals surface area (Å²) in [5.41, 5.74) is 1.11. The van der Waals surface area contributed by atoms with Crippen LogP contribution >= 0.6 is 0 Å². The molecule has 4 rings (SSSR count). The quantitative estimate of drug-likeness (QED) is 0.515. The number of amides is 5. The number of fused-ring (bicyclic) bond motifs is 2. The average molecular weight is 398 g/mol. The fourth-order valence-electron chi connectivity index (χ4n) is 4.30. The van der Waals surface area contributed by atoms with Gasteiger partial charge in [0.15, 0.2) is 0 Å². The van der Waals surface area contributed by atoms with Gasteiger partial charge in [0.25, 0.3) is 5.91 Å². The van der Waals surface area contributed by atoms with E-state index in [0.717, 1.165) is 16.0 Å². The second kappa shape index (κ2) is 6.91. The minimum atomic E-state index is -1.10. The molecule has 0 radical (unpaired) electrons. The molecule has 9 nitrogen and oxygen atoms in total. The fraction of sp³-hybridized carbons (Fsp3) is 0.400. The highest BCUT2D eigenvalue weighted by molar-refractivity contribution is 6.08. The van der Waals surface area contributed by atoms with Crippen molar-refractivity contribution in [1.82, 2.24) is 20.9 Å². The van der Waals surface area contributed by atoms with E-state index in [1.54, 1.807) is 13.8 Å². The second-order valence-electron chi connectivity index (χ2n) is 7.32. The van der Waals surface area contributed by atoms with E-state index in [-0.39, 0.29) is 30.3 Å². The number of nitrogens with zero attached hydrogens (tertiary/aromatic N) is 1. The summed E-state index contributed by atoms with van der Waals surface area (Å²) < 4.78 is 5.08. The van der Waals surface area contributed by atoms with Gasteiger partial charge >= 0.3 is 18.0 Å². The van der Waals surface area contributed by atoms with E-state index in [0.29, 0.717) is 12.8 Å². The van der Waals surface area contributed by atoms with Gasteiger partial charge in [0.1, 0.15) is 5.54 Å². The molecule has 2 aliphatic heterocycles. The summed E-state index contributed by atoms with van der Waals surface area (Å²) in [4.78, 5) is 51.4. The number of rotatable bonds is 4. The van der Waals surface area contributed by atoms with Gasteiger partial charge in [-0.05, 0) is 37.8 Å². The Kier molecular flexibility index (Phi) is 4.52. The van der Waals surface area contributed by atoms with E-state index < -0.39 is 29.6 Å². The Balaban J connectivity index is 1.68. The summed E-state index contributed by atoms with van der Waals surface area (Å²) in [5.74, 6) is -0.987. The molecular formula is C20H22N4O5. The third-order valence-corrected chi connectivity index (χ3v) is 5.60. The van der Waals surface area contributed by atoms with Crippen molar-refractivity contribution in [2.45, 2.75) is 38.3 Å². The van der Waals surface area contributed by atoms with Gasteiger partial charge in [-0.3, -0.25) is 9.69 Å². The highest BCUT2D eigenvalue weighted by Gasteiger charge is 2.55. The number of imide groups is 1. The van der Waals surface area contributed by atoms with E-state index in [9.17, 15) is 19.2 Å². The average Bonchev–Trinajstić information content (AvgIpc) is 3.15. The molecule has 1 aromatic carbocycles. The fourth-order valence-corrected chi connectivity index (χ4v) is 4.30. The van der Waals surface area contributed by atoms with Crippen LogP contribution in [0.3, 0.4) is 0 Å². The summed E-state index contributed by atoms with van der Waals surface area (Å²) in [6.45, 7) is 3.27. The lowest BCUT2D eigenvalue weighted by Gasteiger charge is -2.28. The van der Waals surface area contributed by atoms with Crippen LogP contribution in [0.1, 0.15) is 31.4 Å². The van der Waals surface area contributed by atoms with Gasteiger partial charge in [-0.25, -0.2) is 14.4 Å². The maximum Gasteiger partial charge on any atom is 0.337 e. The zero-order chi connectivity index (χ0) is 20.8. The van der Waals surface area contributed by atoms with Crippen molar-refractivity contribution in [3.63, 3.8) is 0 Å². The number of hydrogen-bond donors (Lipinski definition) is 3. The summed E-state index contributed by atoms with van der Waals surface area (Å²) >= 11 is 0. The molecule has 1 aliphatic carbocycles. The van der Waals surface area contributed by atoms with Gasteiger partial charge in [0, 0.05) is 0 Å². The summed E-state index contributed by atoms with van der Waals surface area (Å²) in [5, 5.41) is 7.99. The summed E-state index contributed by atoms with van der Waals surface area (Å²) in [6.07, 6.45) is 1.16. The number of ether oxygens (including phenoxy) is 1. The molecule has 152 valence electrons. The number of esters is 1.